The molecule has 0 spiro atoms. The highest BCUT2D eigenvalue weighted by Crippen LogP contribution is 2.42. The maximum Gasteiger partial charge on any atom is -0.00284 e. The molecule has 0 amide bonds. The second-order valence-electron chi connectivity index (χ2n) is 4.58. The molecule has 76 valence electrons. The average Bonchev–Trinajstić information content (AvgIpc) is 2.51. The van der Waals surface area contributed by atoms with Crippen molar-refractivity contribution in [3.63, 3.8) is 0 Å². The van der Waals surface area contributed by atoms with Gasteiger partial charge in [-0.3, -0.25) is 0 Å². The Morgan fingerprint density at radius 2 is 1.85 bits per heavy atom. The Bertz CT molecular complexity index is 150. The number of hydrogen-bond acceptors (Lipinski definition) is 2. The van der Waals surface area contributed by atoms with Crippen molar-refractivity contribution in [3.05, 3.63) is 0 Å². The second kappa shape index (κ2) is 4.70. The third kappa shape index (κ3) is 2.21. The zero-order valence-corrected chi connectivity index (χ0v) is 9.19. The van der Waals surface area contributed by atoms with Gasteiger partial charge in [-0.15, -0.1) is 0 Å². The van der Waals surface area contributed by atoms with Gasteiger partial charge in [0.25, 0.3) is 0 Å². The Balaban J connectivity index is 1.86. The Morgan fingerprint density at radius 1 is 1.15 bits per heavy atom. The van der Waals surface area contributed by atoms with Crippen LogP contribution in [-0.2, 0) is 0 Å². The van der Waals surface area contributed by atoms with Gasteiger partial charge in [0.05, 0.1) is 0 Å². The number of rotatable bonds is 4. The molecule has 13 heavy (non-hydrogen) atoms. The molecular weight excluding hydrogens is 178 g/mol. The molecule has 1 atom stereocenters. The van der Waals surface area contributed by atoms with Gasteiger partial charge < -0.3 is 5.73 Å². The van der Waals surface area contributed by atoms with Crippen molar-refractivity contribution in [1.82, 2.24) is 0 Å². The molecule has 2 fully saturated rings. The van der Waals surface area contributed by atoms with E-state index < -0.39 is 0 Å². The summed E-state index contributed by atoms with van der Waals surface area (Å²) in [6.45, 7) is 0.905. The monoisotopic (exact) mass is 199 g/mol. The molecule has 0 bridgehead atoms. The molecule has 0 aromatic heterocycles. The quantitative estimate of drug-likeness (QED) is 0.753. The molecule has 1 aliphatic heterocycles. The standard InChI is InChI=1S/C11H21NS/c12-6-5-11(10-7-13-8-10)9-3-1-2-4-9/h9-11H,1-8,12H2. The average molecular weight is 199 g/mol. The molecule has 1 unspecified atom stereocenters. The fraction of sp³-hybridized carbons (Fsp3) is 1.00. The summed E-state index contributed by atoms with van der Waals surface area (Å²) in [6, 6.07) is 0. The van der Waals surface area contributed by atoms with Crippen LogP contribution in [0.15, 0.2) is 0 Å². The van der Waals surface area contributed by atoms with Gasteiger partial charge in [0.2, 0.25) is 0 Å². The van der Waals surface area contributed by atoms with Gasteiger partial charge in [0, 0.05) is 0 Å². The van der Waals surface area contributed by atoms with Gasteiger partial charge in [0.15, 0.2) is 0 Å². The molecule has 2 aliphatic rings. The summed E-state index contributed by atoms with van der Waals surface area (Å²) < 4.78 is 0. The largest absolute Gasteiger partial charge is 0.330 e. The van der Waals surface area contributed by atoms with Crippen LogP contribution >= 0.6 is 11.8 Å². The Morgan fingerprint density at radius 3 is 2.31 bits per heavy atom. The van der Waals surface area contributed by atoms with Gasteiger partial charge in [0.1, 0.15) is 0 Å². The van der Waals surface area contributed by atoms with Crippen LogP contribution in [0.3, 0.4) is 0 Å². The van der Waals surface area contributed by atoms with Crippen molar-refractivity contribution < 1.29 is 0 Å². The van der Waals surface area contributed by atoms with Crippen LogP contribution in [-0.4, -0.2) is 18.1 Å². The summed E-state index contributed by atoms with van der Waals surface area (Å²) in [7, 11) is 0. The summed E-state index contributed by atoms with van der Waals surface area (Å²) in [6.07, 6.45) is 7.23. The van der Waals surface area contributed by atoms with Crippen LogP contribution in [0.2, 0.25) is 0 Å². The highest BCUT2D eigenvalue weighted by atomic mass is 32.2. The van der Waals surface area contributed by atoms with E-state index in [9.17, 15) is 0 Å². The zero-order chi connectivity index (χ0) is 9.10. The van der Waals surface area contributed by atoms with Gasteiger partial charge in [-0.25, -0.2) is 0 Å². The van der Waals surface area contributed by atoms with Crippen LogP contribution in [0.25, 0.3) is 0 Å². The molecule has 2 heteroatoms. The van der Waals surface area contributed by atoms with E-state index in [-0.39, 0.29) is 0 Å². The van der Waals surface area contributed by atoms with Crippen LogP contribution in [0.1, 0.15) is 32.1 Å². The summed E-state index contributed by atoms with van der Waals surface area (Å²) in [5.74, 6) is 5.88. The Kier molecular flexibility index (Phi) is 3.56. The van der Waals surface area contributed by atoms with E-state index in [1.54, 1.807) is 0 Å². The van der Waals surface area contributed by atoms with E-state index >= 15 is 0 Å². The molecule has 1 saturated heterocycles. The summed E-state index contributed by atoms with van der Waals surface area (Å²) >= 11 is 2.12. The van der Waals surface area contributed by atoms with E-state index in [2.05, 4.69) is 11.8 Å². The number of nitrogens with two attached hydrogens (primary N) is 1. The lowest BCUT2D eigenvalue weighted by molar-refractivity contribution is 0.242. The lowest BCUT2D eigenvalue weighted by atomic mass is 9.79. The third-order valence-corrected chi connectivity index (χ3v) is 5.10. The van der Waals surface area contributed by atoms with Crippen molar-refractivity contribution in [2.24, 2.45) is 23.5 Å². The van der Waals surface area contributed by atoms with E-state index in [1.165, 1.54) is 43.6 Å². The molecule has 1 nitrogen and oxygen atoms in total. The van der Waals surface area contributed by atoms with E-state index in [0.29, 0.717) is 0 Å². The maximum atomic E-state index is 5.71. The number of thioether (sulfide) groups is 1. The maximum absolute atomic E-state index is 5.71. The van der Waals surface area contributed by atoms with Crippen LogP contribution in [0, 0.1) is 17.8 Å². The first-order valence-electron chi connectivity index (χ1n) is 5.69. The topological polar surface area (TPSA) is 26.0 Å². The first-order valence-corrected chi connectivity index (χ1v) is 6.85. The SMILES string of the molecule is NCCC(C1CCCC1)C1CSC1. The van der Waals surface area contributed by atoms with Crippen LogP contribution < -0.4 is 5.73 Å². The van der Waals surface area contributed by atoms with Crippen molar-refractivity contribution in [2.45, 2.75) is 32.1 Å². The molecule has 1 saturated carbocycles. The number of hydrogen-bond donors (Lipinski definition) is 1. The van der Waals surface area contributed by atoms with E-state index in [0.717, 1.165) is 24.3 Å². The van der Waals surface area contributed by atoms with E-state index in [4.69, 9.17) is 5.73 Å². The zero-order valence-electron chi connectivity index (χ0n) is 8.37. The smallest absolute Gasteiger partial charge is 0.00284 e. The van der Waals surface area contributed by atoms with Crippen molar-refractivity contribution in [2.75, 3.05) is 18.1 Å². The highest BCUT2D eigenvalue weighted by molar-refractivity contribution is 8.00. The van der Waals surface area contributed by atoms with E-state index in [1.807, 2.05) is 0 Å². The Labute approximate surface area is 85.8 Å². The molecule has 2 rings (SSSR count). The molecular formula is C11H21NS. The van der Waals surface area contributed by atoms with Crippen molar-refractivity contribution in [3.8, 4) is 0 Å². The highest BCUT2D eigenvalue weighted by Gasteiger charge is 2.34. The van der Waals surface area contributed by atoms with Gasteiger partial charge >= 0.3 is 0 Å². The second-order valence-corrected chi connectivity index (χ2v) is 5.66. The van der Waals surface area contributed by atoms with Crippen LogP contribution in [0.5, 0.6) is 0 Å². The van der Waals surface area contributed by atoms with Crippen molar-refractivity contribution in [1.29, 1.82) is 0 Å². The minimum Gasteiger partial charge on any atom is -0.330 e. The predicted molar refractivity (Wildman–Crippen MR) is 59.9 cm³/mol. The fourth-order valence-electron chi connectivity index (χ4n) is 2.94. The third-order valence-electron chi connectivity index (χ3n) is 3.77. The first kappa shape index (κ1) is 9.85. The lowest BCUT2D eigenvalue weighted by Crippen LogP contribution is -2.33. The molecule has 0 radical (unpaired) electrons. The van der Waals surface area contributed by atoms with Crippen LogP contribution in [0.4, 0.5) is 0 Å². The normalized spacial score (nSPS) is 27.5. The summed E-state index contributed by atoms with van der Waals surface area (Å²) in [4.78, 5) is 0. The molecule has 0 aromatic carbocycles. The minimum absolute atomic E-state index is 0.905. The summed E-state index contributed by atoms with van der Waals surface area (Å²) in [5.41, 5.74) is 5.71. The molecule has 2 N–H and O–H groups in total. The molecule has 1 aliphatic carbocycles. The first-order chi connectivity index (χ1) is 6.42. The predicted octanol–water partition coefficient (Wildman–Crippen LogP) is 2.50. The molecule has 0 aromatic rings. The Hall–Kier alpha value is 0.310. The van der Waals surface area contributed by atoms with Gasteiger partial charge in [-0.05, 0) is 42.2 Å². The van der Waals surface area contributed by atoms with Gasteiger partial charge in [-0.1, -0.05) is 25.7 Å². The van der Waals surface area contributed by atoms with Gasteiger partial charge in [-0.2, -0.15) is 11.8 Å². The minimum atomic E-state index is 0.905. The summed E-state index contributed by atoms with van der Waals surface area (Å²) in [5, 5.41) is 0. The lowest BCUT2D eigenvalue weighted by Gasteiger charge is -2.37. The fourth-order valence-corrected chi connectivity index (χ4v) is 3.94. The van der Waals surface area contributed by atoms with Crippen molar-refractivity contribution >= 4 is 11.8 Å². The molecule has 1 heterocycles.